The fourth-order valence-electron chi connectivity index (χ4n) is 3.30. The van der Waals surface area contributed by atoms with E-state index in [4.69, 9.17) is 0 Å². The molecule has 0 bridgehead atoms. The first-order valence-corrected chi connectivity index (χ1v) is 9.59. The van der Waals surface area contributed by atoms with E-state index in [-0.39, 0.29) is 11.8 Å². The average Bonchev–Trinajstić information content (AvgIpc) is 3.43. The second kappa shape index (κ2) is 7.55. The smallest absolute Gasteiger partial charge is 0.251 e. The van der Waals surface area contributed by atoms with Crippen molar-refractivity contribution < 1.29 is 9.59 Å². The van der Waals surface area contributed by atoms with Crippen molar-refractivity contribution in [3.8, 4) is 0 Å². The number of nitrogens with one attached hydrogen (secondary N) is 2. The van der Waals surface area contributed by atoms with Gasteiger partial charge in [0.15, 0.2) is 0 Å². The van der Waals surface area contributed by atoms with E-state index >= 15 is 0 Å². The molecule has 0 saturated heterocycles. The summed E-state index contributed by atoms with van der Waals surface area (Å²) in [6.07, 6.45) is 1.74. The molecule has 0 radical (unpaired) electrons. The van der Waals surface area contributed by atoms with Crippen LogP contribution in [0, 0.1) is 19.8 Å². The monoisotopic (exact) mass is 364 g/mol. The van der Waals surface area contributed by atoms with Gasteiger partial charge in [0.1, 0.15) is 0 Å². The second-order valence-corrected chi connectivity index (χ2v) is 8.04. The average molecular weight is 364 g/mol. The maximum absolute atomic E-state index is 13.0. The fraction of sp³-hybridized carbons (Fsp3) is 0.391. The highest BCUT2D eigenvalue weighted by molar-refractivity contribution is 6.02. The summed E-state index contributed by atoms with van der Waals surface area (Å²) < 4.78 is 0. The van der Waals surface area contributed by atoms with Gasteiger partial charge in [0.05, 0.1) is 5.41 Å². The summed E-state index contributed by atoms with van der Waals surface area (Å²) in [7, 11) is 0. The Morgan fingerprint density at radius 2 is 1.81 bits per heavy atom. The number of aryl methyl sites for hydroxylation is 2. The first-order valence-electron chi connectivity index (χ1n) is 9.59. The largest absolute Gasteiger partial charge is 0.352 e. The van der Waals surface area contributed by atoms with Crippen LogP contribution in [0.4, 0.5) is 5.69 Å². The summed E-state index contributed by atoms with van der Waals surface area (Å²) in [5, 5.41) is 6.00. The van der Waals surface area contributed by atoms with Gasteiger partial charge in [-0.1, -0.05) is 43.7 Å². The normalized spacial score (nSPS) is 14.7. The Morgan fingerprint density at radius 3 is 2.41 bits per heavy atom. The molecule has 1 fully saturated rings. The quantitative estimate of drug-likeness (QED) is 0.800. The Hall–Kier alpha value is -2.62. The molecule has 0 unspecified atom stereocenters. The van der Waals surface area contributed by atoms with Crippen LogP contribution in [0.3, 0.4) is 0 Å². The Labute approximate surface area is 161 Å². The van der Waals surface area contributed by atoms with Gasteiger partial charge in [-0.3, -0.25) is 9.59 Å². The van der Waals surface area contributed by atoms with Crippen LogP contribution >= 0.6 is 0 Å². The van der Waals surface area contributed by atoms with Gasteiger partial charge in [-0.15, -0.1) is 0 Å². The summed E-state index contributed by atoms with van der Waals surface area (Å²) in [5.41, 5.74) is 4.11. The van der Waals surface area contributed by atoms with Crippen LogP contribution in [0.25, 0.3) is 0 Å². The number of rotatable bonds is 6. The van der Waals surface area contributed by atoms with Crippen molar-refractivity contribution in [2.75, 3.05) is 11.9 Å². The summed E-state index contributed by atoms with van der Waals surface area (Å²) in [6, 6.07) is 13.6. The molecule has 3 rings (SSSR count). The Balaban J connectivity index is 1.72. The van der Waals surface area contributed by atoms with Gasteiger partial charge in [0.25, 0.3) is 5.91 Å². The third kappa shape index (κ3) is 4.21. The fourth-order valence-corrected chi connectivity index (χ4v) is 3.30. The van der Waals surface area contributed by atoms with E-state index in [0.717, 1.165) is 29.7 Å². The van der Waals surface area contributed by atoms with Crippen molar-refractivity contribution in [1.29, 1.82) is 0 Å². The van der Waals surface area contributed by atoms with Crippen LogP contribution in [-0.2, 0) is 10.2 Å². The molecule has 27 heavy (non-hydrogen) atoms. The molecule has 4 heteroatoms. The maximum atomic E-state index is 13.0. The van der Waals surface area contributed by atoms with Crippen molar-refractivity contribution >= 4 is 17.5 Å². The lowest BCUT2D eigenvalue weighted by Crippen LogP contribution is -2.29. The molecule has 0 heterocycles. The van der Waals surface area contributed by atoms with Crippen molar-refractivity contribution in [2.24, 2.45) is 5.92 Å². The zero-order valence-corrected chi connectivity index (χ0v) is 16.6. The molecular weight excluding hydrogens is 336 g/mol. The van der Waals surface area contributed by atoms with E-state index in [9.17, 15) is 9.59 Å². The van der Waals surface area contributed by atoms with Crippen molar-refractivity contribution in [3.63, 3.8) is 0 Å². The third-order valence-electron chi connectivity index (χ3n) is 5.16. The highest BCUT2D eigenvalue weighted by atomic mass is 16.2. The number of hydrogen-bond donors (Lipinski definition) is 2. The summed E-state index contributed by atoms with van der Waals surface area (Å²) in [5.74, 6) is 0.362. The van der Waals surface area contributed by atoms with Gasteiger partial charge in [-0.25, -0.2) is 0 Å². The number of benzene rings is 2. The molecule has 0 aliphatic heterocycles. The van der Waals surface area contributed by atoms with Gasteiger partial charge in [0, 0.05) is 17.8 Å². The van der Waals surface area contributed by atoms with E-state index in [0.29, 0.717) is 18.0 Å². The molecule has 1 aliphatic carbocycles. The topological polar surface area (TPSA) is 58.2 Å². The standard InChI is InChI=1S/C23H28N2O2/c1-15(2)14-24-21(26)18-8-9-20(17(4)13-18)25-22(27)23(10-11-23)19-7-5-6-16(3)12-19/h5-9,12-13,15H,10-11,14H2,1-4H3,(H,24,26)(H,25,27). The Morgan fingerprint density at radius 1 is 1.07 bits per heavy atom. The zero-order chi connectivity index (χ0) is 19.6. The van der Waals surface area contributed by atoms with Crippen LogP contribution in [0.2, 0.25) is 0 Å². The molecule has 2 aromatic carbocycles. The van der Waals surface area contributed by atoms with E-state index in [1.807, 2.05) is 44.2 Å². The molecule has 1 aliphatic rings. The van der Waals surface area contributed by atoms with Gasteiger partial charge < -0.3 is 10.6 Å². The lowest BCUT2D eigenvalue weighted by molar-refractivity contribution is -0.118. The molecule has 1 saturated carbocycles. The number of hydrogen-bond acceptors (Lipinski definition) is 2. The molecule has 2 amide bonds. The lowest BCUT2D eigenvalue weighted by atomic mass is 9.93. The van der Waals surface area contributed by atoms with Crippen LogP contribution in [0.5, 0.6) is 0 Å². The molecule has 2 aromatic rings. The van der Waals surface area contributed by atoms with Crippen molar-refractivity contribution in [1.82, 2.24) is 5.32 Å². The highest BCUT2D eigenvalue weighted by Crippen LogP contribution is 2.49. The minimum absolute atomic E-state index is 0.0354. The highest BCUT2D eigenvalue weighted by Gasteiger charge is 2.51. The molecule has 0 atom stereocenters. The van der Waals surface area contributed by atoms with Crippen LogP contribution < -0.4 is 10.6 Å². The van der Waals surface area contributed by atoms with Crippen molar-refractivity contribution in [2.45, 2.75) is 46.0 Å². The van der Waals surface area contributed by atoms with Crippen molar-refractivity contribution in [3.05, 3.63) is 64.7 Å². The second-order valence-electron chi connectivity index (χ2n) is 8.04. The molecular formula is C23H28N2O2. The van der Waals surface area contributed by atoms with Gasteiger partial charge in [0.2, 0.25) is 5.91 Å². The number of amides is 2. The van der Waals surface area contributed by atoms with E-state index in [1.165, 1.54) is 5.56 Å². The number of carbonyl (C=O) groups excluding carboxylic acids is 2. The van der Waals surface area contributed by atoms with Crippen LogP contribution in [-0.4, -0.2) is 18.4 Å². The summed E-state index contributed by atoms with van der Waals surface area (Å²) >= 11 is 0. The number of carbonyl (C=O) groups is 2. The summed E-state index contributed by atoms with van der Waals surface area (Å²) in [4.78, 5) is 25.2. The van der Waals surface area contributed by atoms with E-state index < -0.39 is 5.41 Å². The lowest BCUT2D eigenvalue weighted by Gasteiger charge is -2.18. The predicted molar refractivity (Wildman–Crippen MR) is 109 cm³/mol. The van der Waals surface area contributed by atoms with Crippen LogP contribution in [0.1, 0.15) is 53.7 Å². The van der Waals surface area contributed by atoms with E-state index in [1.54, 1.807) is 6.07 Å². The van der Waals surface area contributed by atoms with E-state index in [2.05, 4.69) is 30.5 Å². The Bertz CT molecular complexity index is 866. The van der Waals surface area contributed by atoms with Gasteiger partial charge in [-0.05, 0) is 61.9 Å². The van der Waals surface area contributed by atoms with Gasteiger partial charge in [-0.2, -0.15) is 0 Å². The first kappa shape index (κ1) is 19.2. The molecule has 0 aromatic heterocycles. The minimum atomic E-state index is -0.411. The minimum Gasteiger partial charge on any atom is -0.352 e. The molecule has 2 N–H and O–H groups in total. The molecule has 142 valence electrons. The zero-order valence-electron chi connectivity index (χ0n) is 16.6. The SMILES string of the molecule is Cc1cccc(C2(C(=O)Nc3ccc(C(=O)NCC(C)C)cc3C)CC2)c1. The first-order chi connectivity index (χ1) is 12.8. The Kier molecular flexibility index (Phi) is 5.36. The number of anilines is 1. The molecule has 0 spiro atoms. The third-order valence-corrected chi connectivity index (χ3v) is 5.16. The summed E-state index contributed by atoms with van der Waals surface area (Å²) in [6.45, 7) is 8.74. The molecule has 4 nitrogen and oxygen atoms in total. The van der Waals surface area contributed by atoms with Crippen LogP contribution in [0.15, 0.2) is 42.5 Å². The van der Waals surface area contributed by atoms with Gasteiger partial charge >= 0.3 is 0 Å². The predicted octanol–water partition coefficient (Wildman–Crippen LogP) is 4.36. The maximum Gasteiger partial charge on any atom is 0.251 e.